The molecule has 0 amide bonds. The SMILES string of the molecule is CC(CC1CCCC1)N[C@@H]1C=C[C@H](CO)C1. The maximum Gasteiger partial charge on any atom is 0.0494 e. The zero-order chi connectivity index (χ0) is 11.4. The average molecular weight is 223 g/mol. The molecule has 3 atom stereocenters. The van der Waals surface area contributed by atoms with E-state index in [0.29, 0.717) is 24.6 Å². The Morgan fingerprint density at radius 1 is 1.31 bits per heavy atom. The Balaban J connectivity index is 1.67. The first-order valence-corrected chi connectivity index (χ1v) is 6.83. The molecular formula is C14H25NO. The molecule has 0 radical (unpaired) electrons. The minimum Gasteiger partial charge on any atom is -0.396 e. The molecule has 0 aliphatic heterocycles. The van der Waals surface area contributed by atoms with E-state index in [2.05, 4.69) is 24.4 Å². The first-order chi connectivity index (χ1) is 7.78. The van der Waals surface area contributed by atoms with Crippen LogP contribution in [0.2, 0.25) is 0 Å². The van der Waals surface area contributed by atoms with Crippen molar-refractivity contribution in [2.45, 2.75) is 57.5 Å². The summed E-state index contributed by atoms with van der Waals surface area (Å²) in [5.74, 6) is 1.35. The van der Waals surface area contributed by atoms with Gasteiger partial charge in [-0.1, -0.05) is 37.8 Å². The van der Waals surface area contributed by atoms with Gasteiger partial charge in [0.25, 0.3) is 0 Å². The lowest BCUT2D eigenvalue weighted by Crippen LogP contribution is -2.35. The topological polar surface area (TPSA) is 32.3 Å². The van der Waals surface area contributed by atoms with E-state index >= 15 is 0 Å². The summed E-state index contributed by atoms with van der Waals surface area (Å²) in [6, 6.07) is 1.11. The highest BCUT2D eigenvalue weighted by atomic mass is 16.3. The Kier molecular flexibility index (Phi) is 4.42. The van der Waals surface area contributed by atoms with Crippen molar-refractivity contribution in [2.24, 2.45) is 11.8 Å². The number of aliphatic hydroxyl groups excluding tert-OH is 1. The van der Waals surface area contributed by atoms with Crippen molar-refractivity contribution in [1.29, 1.82) is 0 Å². The predicted molar refractivity (Wildman–Crippen MR) is 67.3 cm³/mol. The van der Waals surface area contributed by atoms with Gasteiger partial charge in [0.05, 0.1) is 0 Å². The van der Waals surface area contributed by atoms with Gasteiger partial charge in [0, 0.05) is 24.6 Å². The lowest BCUT2D eigenvalue weighted by atomic mass is 9.98. The normalized spacial score (nSPS) is 32.4. The molecule has 2 N–H and O–H groups in total. The van der Waals surface area contributed by atoms with Gasteiger partial charge in [0.1, 0.15) is 0 Å². The molecular weight excluding hydrogens is 198 g/mol. The van der Waals surface area contributed by atoms with E-state index in [9.17, 15) is 0 Å². The molecule has 2 aliphatic carbocycles. The Morgan fingerprint density at radius 2 is 2.06 bits per heavy atom. The van der Waals surface area contributed by atoms with Gasteiger partial charge in [0.15, 0.2) is 0 Å². The molecule has 2 rings (SSSR count). The highest BCUT2D eigenvalue weighted by Gasteiger charge is 2.22. The van der Waals surface area contributed by atoms with Crippen molar-refractivity contribution in [1.82, 2.24) is 5.32 Å². The summed E-state index contributed by atoms with van der Waals surface area (Å²) < 4.78 is 0. The minimum absolute atomic E-state index is 0.297. The van der Waals surface area contributed by atoms with Crippen LogP contribution in [0.1, 0.15) is 45.4 Å². The van der Waals surface area contributed by atoms with Crippen molar-refractivity contribution in [3.63, 3.8) is 0 Å². The van der Waals surface area contributed by atoms with Gasteiger partial charge in [-0.25, -0.2) is 0 Å². The lowest BCUT2D eigenvalue weighted by Gasteiger charge is -2.21. The van der Waals surface area contributed by atoms with Crippen LogP contribution in [0.25, 0.3) is 0 Å². The zero-order valence-corrected chi connectivity index (χ0v) is 10.4. The van der Waals surface area contributed by atoms with Gasteiger partial charge in [-0.15, -0.1) is 0 Å². The number of nitrogens with one attached hydrogen (secondary N) is 1. The third-order valence-corrected chi connectivity index (χ3v) is 4.07. The van der Waals surface area contributed by atoms with E-state index < -0.39 is 0 Å². The highest BCUT2D eigenvalue weighted by molar-refractivity contribution is 5.06. The third-order valence-electron chi connectivity index (χ3n) is 4.07. The monoisotopic (exact) mass is 223 g/mol. The Morgan fingerprint density at radius 3 is 2.69 bits per heavy atom. The first-order valence-electron chi connectivity index (χ1n) is 6.83. The molecule has 2 heteroatoms. The molecule has 0 heterocycles. The maximum atomic E-state index is 9.07. The molecule has 1 fully saturated rings. The molecule has 1 saturated carbocycles. The van der Waals surface area contributed by atoms with Crippen molar-refractivity contribution in [3.8, 4) is 0 Å². The lowest BCUT2D eigenvalue weighted by molar-refractivity contribution is 0.243. The quantitative estimate of drug-likeness (QED) is 0.702. The van der Waals surface area contributed by atoms with E-state index in [0.717, 1.165) is 12.3 Å². The summed E-state index contributed by atoms with van der Waals surface area (Å²) in [6.45, 7) is 2.60. The molecule has 0 aromatic rings. The van der Waals surface area contributed by atoms with Gasteiger partial charge in [-0.3, -0.25) is 0 Å². The van der Waals surface area contributed by atoms with Crippen LogP contribution in [0.4, 0.5) is 0 Å². The third kappa shape index (κ3) is 3.33. The second-order valence-corrected chi connectivity index (χ2v) is 5.62. The Hall–Kier alpha value is -0.340. The van der Waals surface area contributed by atoms with Crippen molar-refractivity contribution in [3.05, 3.63) is 12.2 Å². The largest absolute Gasteiger partial charge is 0.396 e. The summed E-state index contributed by atoms with van der Waals surface area (Å²) in [5.41, 5.74) is 0. The number of hydrogen-bond acceptors (Lipinski definition) is 2. The van der Waals surface area contributed by atoms with Crippen LogP contribution in [0.15, 0.2) is 12.2 Å². The zero-order valence-electron chi connectivity index (χ0n) is 10.4. The number of aliphatic hydroxyl groups is 1. The molecule has 0 spiro atoms. The van der Waals surface area contributed by atoms with Crippen LogP contribution in [-0.4, -0.2) is 23.8 Å². The standard InChI is InChI=1S/C14H25NO/c1-11(8-12-4-2-3-5-12)15-14-7-6-13(9-14)10-16/h6-7,11-16H,2-5,8-10H2,1H3/t11?,13-,14+/m0/s1. The van der Waals surface area contributed by atoms with Crippen LogP contribution in [0.5, 0.6) is 0 Å². The molecule has 0 aromatic carbocycles. The van der Waals surface area contributed by atoms with E-state index in [4.69, 9.17) is 5.11 Å². The Bertz CT molecular complexity index is 233. The summed E-state index contributed by atoms with van der Waals surface area (Å²) in [4.78, 5) is 0. The molecule has 2 aliphatic rings. The van der Waals surface area contributed by atoms with Crippen LogP contribution in [-0.2, 0) is 0 Å². The molecule has 92 valence electrons. The maximum absolute atomic E-state index is 9.07. The number of rotatable bonds is 5. The van der Waals surface area contributed by atoms with Crippen molar-refractivity contribution in [2.75, 3.05) is 6.61 Å². The second kappa shape index (κ2) is 5.83. The van der Waals surface area contributed by atoms with E-state index in [1.807, 2.05) is 0 Å². The summed E-state index contributed by atoms with van der Waals surface area (Å²) in [7, 11) is 0. The first kappa shape index (κ1) is 12.1. The number of hydrogen-bond donors (Lipinski definition) is 2. The van der Waals surface area contributed by atoms with Gasteiger partial charge < -0.3 is 10.4 Å². The predicted octanol–water partition coefficient (Wildman–Crippen LogP) is 2.48. The van der Waals surface area contributed by atoms with Crippen molar-refractivity contribution < 1.29 is 5.11 Å². The minimum atomic E-state index is 0.297. The van der Waals surface area contributed by atoms with Gasteiger partial charge in [0.2, 0.25) is 0 Å². The fourth-order valence-electron chi connectivity index (χ4n) is 3.21. The van der Waals surface area contributed by atoms with Crippen molar-refractivity contribution >= 4 is 0 Å². The molecule has 16 heavy (non-hydrogen) atoms. The summed E-state index contributed by atoms with van der Waals surface area (Å²) >= 11 is 0. The van der Waals surface area contributed by atoms with Crippen LogP contribution >= 0.6 is 0 Å². The Labute approximate surface area is 99.1 Å². The fraction of sp³-hybridized carbons (Fsp3) is 0.857. The average Bonchev–Trinajstić information content (AvgIpc) is 2.89. The summed E-state index contributed by atoms with van der Waals surface area (Å²) in [5, 5.41) is 12.7. The molecule has 0 bridgehead atoms. The van der Waals surface area contributed by atoms with E-state index in [1.165, 1.54) is 32.1 Å². The van der Waals surface area contributed by atoms with Crippen LogP contribution < -0.4 is 5.32 Å². The fourth-order valence-corrected chi connectivity index (χ4v) is 3.21. The molecule has 1 unspecified atom stereocenters. The second-order valence-electron chi connectivity index (χ2n) is 5.62. The summed E-state index contributed by atoms with van der Waals surface area (Å²) in [6.07, 6.45) is 12.5. The van der Waals surface area contributed by atoms with Gasteiger partial charge in [-0.2, -0.15) is 0 Å². The van der Waals surface area contributed by atoms with Gasteiger partial charge >= 0.3 is 0 Å². The highest BCUT2D eigenvalue weighted by Crippen LogP contribution is 2.29. The van der Waals surface area contributed by atoms with Crippen LogP contribution in [0.3, 0.4) is 0 Å². The molecule has 0 saturated heterocycles. The smallest absolute Gasteiger partial charge is 0.0494 e. The van der Waals surface area contributed by atoms with E-state index in [1.54, 1.807) is 0 Å². The molecule has 0 aromatic heterocycles. The van der Waals surface area contributed by atoms with E-state index in [-0.39, 0.29) is 0 Å². The van der Waals surface area contributed by atoms with Crippen LogP contribution in [0, 0.1) is 11.8 Å². The van der Waals surface area contributed by atoms with Gasteiger partial charge in [-0.05, 0) is 25.7 Å². The molecule has 2 nitrogen and oxygen atoms in total.